The van der Waals surface area contributed by atoms with E-state index < -0.39 is 24.3 Å². The Morgan fingerprint density at radius 2 is 1.97 bits per heavy atom. The number of aryl methyl sites for hydroxylation is 1. The first-order valence-electron chi connectivity index (χ1n) is 9.32. The summed E-state index contributed by atoms with van der Waals surface area (Å²) in [5.74, 6) is -0.390. The number of thiophene rings is 1. The van der Waals surface area contributed by atoms with E-state index in [9.17, 15) is 22.8 Å². The van der Waals surface area contributed by atoms with Crippen LogP contribution in [0.2, 0.25) is 0 Å². The monoisotopic (exact) mass is 484 g/mol. The van der Waals surface area contributed by atoms with E-state index in [1.165, 1.54) is 18.4 Å². The van der Waals surface area contributed by atoms with Crippen molar-refractivity contribution in [1.29, 1.82) is 0 Å². The molecule has 0 aliphatic rings. The maximum atomic E-state index is 13.3. The Hall–Kier alpha value is -2.70. The number of aliphatic hydroxyl groups excluding tert-OH is 1. The molecule has 2 aromatic heterocycles. The maximum Gasteiger partial charge on any atom is 0.416 e. The van der Waals surface area contributed by atoms with Gasteiger partial charge in [0.25, 0.3) is 0 Å². The molecule has 0 fully saturated rings. The third-order valence-electron chi connectivity index (χ3n) is 4.35. The number of benzene rings is 1. The molecule has 7 nitrogen and oxygen atoms in total. The maximum absolute atomic E-state index is 13.3. The van der Waals surface area contributed by atoms with Gasteiger partial charge in [0.1, 0.15) is 17.5 Å². The van der Waals surface area contributed by atoms with Crippen LogP contribution in [0, 0.1) is 6.92 Å². The van der Waals surface area contributed by atoms with Gasteiger partial charge in [-0.15, -0.1) is 11.3 Å². The van der Waals surface area contributed by atoms with Crippen molar-refractivity contribution in [3.63, 3.8) is 0 Å². The average Bonchev–Trinajstić information content (AvgIpc) is 3.23. The van der Waals surface area contributed by atoms with Gasteiger partial charge in [0, 0.05) is 17.3 Å². The minimum atomic E-state index is -4.54. The zero-order chi connectivity index (χ0) is 23.5. The van der Waals surface area contributed by atoms with Crippen molar-refractivity contribution in [1.82, 2.24) is 15.3 Å². The Kier molecular flexibility index (Phi) is 7.36. The summed E-state index contributed by atoms with van der Waals surface area (Å²) >= 11 is 2.24. The minimum Gasteiger partial charge on any atom is -0.387 e. The summed E-state index contributed by atoms with van der Waals surface area (Å²) in [6, 6.07) is 5.31. The molecule has 0 radical (unpaired) electrons. The molecular weight excluding hydrogens is 465 g/mol. The highest BCUT2D eigenvalue weighted by Gasteiger charge is 2.32. The molecule has 3 aromatic rings. The number of hydrogen-bond acceptors (Lipinski definition) is 8. The van der Waals surface area contributed by atoms with Crippen LogP contribution in [0.25, 0.3) is 10.9 Å². The van der Waals surface area contributed by atoms with E-state index in [4.69, 9.17) is 5.11 Å². The standard InChI is InChI=1S/C20H19F3N4O3S2/c1-10-26-18-13(5-11(20(21,22)23)6-14(18)24-2)19(27-10)31-9-15(29)16-4-3-12(32-16)7-25-17(30)8-28/h3-6,24,28H,7-9H2,1-2H3,(H,25,30). The summed E-state index contributed by atoms with van der Waals surface area (Å²) in [6.07, 6.45) is -4.54. The molecule has 0 unspecified atom stereocenters. The number of anilines is 1. The van der Waals surface area contributed by atoms with Crippen LogP contribution >= 0.6 is 23.1 Å². The molecule has 0 saturated heterocycles. The Labute approximate surface area is 189 Å². The molecule has 170 valence electrons. The Morgan fingerprint density at radius 1 is 1.22 bits per heavy atom. The second-order valence-corrected chi connectivity index (χ2v) is 8.79. The predicted molar refractivity (Wildman–Crippen MR) is 117 cm³/mol. The summed E-state index contributed by atoms with van der Waals surface area (Å²) in [7, 11) is 1.51. The van der Waals surface area contributed by atoms with E-state index in [1.807, 2.05) is 0 Å². The first-order valence-corrected chi connectivity index (χ1v) is 11.1. The molecule has 3 N–H and O–H groups in total. The molecule has 3 rings (SSSR count). The van der Waals surface area contributed by atoms with Crippen molar-refractivity contribution in [2.45, 2.75) is 24.7 Å². The molecule has 32 heavy (non-hydrogen) atoms. The summed E-state index contributed by atoms with van der Waals surface area (Å²) in [5, 5.41) is 14.5. The third kappa shape index (κ3) is 5.56. The first kappa shape index (κ1) is 24.0. The Balaban J connectivity index is 1.83. The number of halogens is 3. The fourth-order valence-electron chi connectivity index (χ4n) is 2.85. The first-order chi connectivity index (χ1) is 15.1. The van der Waals surface area contributed by atoms with Crippen LogP contribution in [0.4, 0.5) is 18.9 Å². The van der Waals surface area contributed by atoms with Crippen LogP contribution in [0.1, 0.15) is 25.9 Å². The van der Waals surface area contributed by atoms with E-state index in [-0.39, 0.29) is 34.2 Å². The largest absolute Gasteiger partial charge is 0.416 e. The van der Waals surface area contributed by atoms with E-state index in [2.05, 4.69) is 20.6 Å². The zero-order valence-electron chi connectivity index (χ0n) is 17.0. The van der Waals surface area contributed by atoms with Gasteiger partial charge in [0.05, 0.1) is 33.9 Å². The van der Waals surface area contributed by atoms with Crippen LogP contribution in [0.15, 0.2) is 29.3 Å². The number of fused-ring (bicyclic) bond motifs is 1. The highest BCUT2D eigenvalue weighted by molar-refractivity contribution is 8.00. The Bertz CT molecular complexity index is 1160. The van der Waals surface area contributed by atoms with Crippen molar-refractivity contribution in [3.8, 4) is 0 Å². The number of thioether (sulfide) groups is 1. The van der Waals surface area contributed by atoms with Gasteiger partial charge in [0.2, 0.25) is 5.91 Å². The Morgan fingerprint density at radius 3 is 2.62 bits per heavy atom. The van der Waals surface area contributed by atoms with Crippen molar-refractivity contribution >= 4 is 51.4 Å². The van der Waals surface area contributed by atoms with Crippen LogP contribution in [-0.4, -0.2) is 46.2 Å². The number of aliphatic hydroxyl groups is 1. The van der Waals surface area contributed by atoms with Gasteiger partial charge in [-0.25, -0.2) is 9.97 Å². The van der Waals surface area contributed by atoms with E-state index in [1.54, 1.807) is 19.1 Å². The third-order valence-corrected chi connectivity index (χ3v) is 6.47. The van der Waals surface area contributed by atoms with Crippen LogP contribution in [0.3, 0.4) is 0 Å². The van der Waals surface area contributed by atoms with Gasteiger partial charge < -0.3 is 15.7 Å². The van der Waals surface area contributed by atoms with E-state index in [0.717, 1.165) is 28.8 Å². The highest BCUT2D eigenvalue weighted by Crippen LogP contribution is 2.37. The highest BCUT2D eigenvalue weighted by atomic mass is 32.2. The molecule has 2 heterocycles. The lowest BCUT2D eigenvalue weighted by atomic mass is 10.1. The number of nitrogens with zero attached hydrogens (tertiary/aromatic N) is 2. The second kappa shape index (κ2) is 9.84. The lowest BCUT2D eigenvalue weighted by molar-refractivity contribution is -0.137. The van der Waals surface area contributed by atoms with Crippen molar-refractivity contribution in [2.75, 3.05) is 24.7 Å². The van der Waals surface area contributed by atoms with Crippen molar-refractivity contribution in [2.24, 2.45) is 0 Å². The molecule has 0 aliphatic heterocycles. The number of nitrogens with one attached hydrogen (secondary N) is 2. The average molecular weight is 485 g/mol. The lowest BCUT2D eigenvalue weighted by Crippen LogP contribution is -2.25. The smallest absolute Gasteiger partial charge is 0.387 e. The number of ketones is 1. The summed E-state index contributed by atoms with van der Waals surface area (Å²) < 4.78 is 40.0. The molecule has 0 aliphatic carbocycles. The number of alkyl halides is 3. The SMILES string of the molecule is CNc1cc(C(F)(F)F)cc2c(SCC(=O)c3ccc(CNC(=O)CO)s3)nc(C)nc12. The molecule has 12 heteroatoms. The number of hydrogen-bond donors (Lipinski definition) is 3. The van der Waals surface area contributed by atoms with E-state index in [0.29, 0.717) is 16.2 Å². The minimum absolute atomic E-state index is 0.0281. The number of Topliss-reactive ketones (excluding diaryl/α,β-unsaturated/α-hetero) is 1. The number of amides is 1. The van der Waals surface area contributed by atoms with Gasteiger partial charge in [-0.1, -0.05) is 11.8 Å². The van der Waals surface area contributed by atoms with Gasteiger partial charge in [-0.2, -0.15) is 13.2 Å². The topological polar surface area (TPSA) is 104 Å². The number of carbonyl (C=O) groups is 2. The summed E-state index contributed by atoms with van der Waals surface area (Å²) in [5.41, 5.74) is -0.259. The number of rotatable bonds is 8. The summed E-state index contributed by atoms with van der Waals surface area (Å²) in [4.78, 5) is 33.5. The molecular formula is C20H19F3N4O3S2. The molecule has 0 atom stereocenters. The quantitative estimate of drug-likeness (QED) is 0.255. The zero-order valence-corrected chi connectivity index (χ0v) is 18.7. The normalized spacial score (nSPS) is 11.6. The van der Waals surface area contributed by atoms with Crippen molar-refractivity contribution < 1.29 is 27.9 Å². The number of carbonyl (C=O) groups excluding carboxylic acids is 2. The fraction of sp³-hybridized carbons (Fsp3) is 0.300. The molecule has 1 amide bonds. The number of aromatic nitrogens is 2. The van der Waals surface area contributed by atoms with Crippen LogP contribution < -0.4 is 10.6 Å². The second-order valence-electron chi connectivity index (χ2n) is 6.66. The van der Waals surface area contributed by atoms with Crippen LogP contribution in [-0.2, 0) is 17.5 Å². The van der Waals surface area contributed by atoms with E-state index >= 15 is 0 Å². The van der Waals surface area contributed by atoms with Gasteiger partial charge >= 0.3 is 6.18 Å². The van der Waals surface area contributed by atoms with Crippen LogP contribution in [0.5, 0.6) is 0 Å². The molecule has 0 saturated carbocycles. The van der Waals surface area contributed by atoms with Gasteiger partial charge in [-0.05, 0) is 31.2 Å². The molecule has 0 bridgehead atoms. The van der Waals surface area contributed by atoms with Crippen molar-refractivity contribution in [3.05, 3.63) is 45.4 Å². The predicted octanol–water partition coefficient (Wildman–Crippen LogP) is 3.64. The molecule has 0 spiro atoms. The fourth-order valence-corrected chi connectivity index (χ4v) is 4.75. The van der Waals surface area contributed by atoms with Gasteiger partial charge in [-0.3, -0.25) is 9.59 Å². The lowest BCUT2D eigenvalue weighted by Gasteiger charge is -2.14. The molecule has 1 aromatic carbocycles. The summed E-state index contributed by atoms with van der Waals surface area (Å²) in [6.45, 7) is 1.20. The van der Waals surface area contributed by atoms with Gasteiger partial charge in [0.15, 0.2) is 5.78 Å².